The Morgan fingerprint density at radius 3 is 2.30 bits per heavy atom. The standard InChI is InChI=1S/C18H30N2O3/c1-5-10-22-15-9-8-14(12-16(15)23-11-6-2)20-18(21)17(19)13(4)7-3/h8-9,12-13,17H,5-7,10-11,19H2,1-4H3,(H,20,21). The van der Waals surface area contributed by atoms with Gasteiger partial charge in [0.25, 0.3) is 0 Å². The topological polar surface area (TPSA) is 73.6 Å². The number of amides is 1. The second-order valence-corrected chi connectivity index (χ2v) is 5.76. The third-order valence-electron chi connectivity index (χ3n) is 3.69. The normalized spacial score (nSPS) is 13.3. The van der Waals surface area contributed by atoms with Gasteiger partial charge >= 0.3 is 0 Å². The van der Waals surface area contributed by atoms with E-state index >= 15 is 0 Å². The van der Waals surface area contributed by atoms with E-state index in [1.54, 1.807) is 6.07 Å². The van der Waals surface area contributed by atoms with E-state index in [1.165, 1.54) is 0 Å². The van der Waals surface area contributed by atoms with Gasteiger partial charge in [0, 0.05) is 11.8 Å². The lowest BCUT2D eigenvalue weighted by Gasteiger charge is -2.18. The summed E-state index contributed by atoms with van der Waals surface area (Å²) in [7, 11) is 0. The van der Waals surface area contributed by atoms with E-state index < -0.39 is 6.04 Å². The Morgan fingerprint density at radius 1 is 1.13 bits per heavy atom. The molecule has 1 aromatic carbocycles. The molecule has 1 aromatic rings. The number of carbonyl (C=O) groups is 1. The van der Waals surface area contributed by atoms with Crippen molar-refractivity contribution in [3.63, 3.8) is 0 Å². The Hall–Kier alpha value is -1.75. The highest BCUT2D eigenvalue weighted by Gasteiger charge is 2.20. The number of ether oxygens (including phenoxy) is 2. The minimum absolute atomic E-state index is 0.137. The van der Waals surface area contributed by atoms with E-state index in [2.05, 4.69) is 12.2 Å². The molecule has 2 unspecified atom stereocenters. The molecule has 0 aromatic heterocycles. The van der Waals surface area contributed by atoms with Crippen molar-refractivity contribution >= 4 is 11.6 Å². The second-order valence-electron chi connectivity index (χ2n) is 5.76. The van der Waals surface area contributed by atoms with Gasteiger partial charge in [-0.25, -0.2) is 0 Å². The highest BCUT2D eigenvalue weighted by molar-refractivity contribution is 5.95. The summed E-state index contributed by atoms with van der Waals surface area (Å²) in [6, 6.07) is 4.91. The first-order chi connectivity index (χ1) is 11.0. The molecule has 0 aliphatic heterocycles. The van der Waals surface area contributed by atoms with Crippen molar-refractivity contribution in [3.05, 3.63) is 18.2 Å². The average Bonchev–Trinajstić information content (AvgIpc) is 2.57. The van der Waals surface area contributed by atoms with E-state index in [4.69, 9.17) is 15.2 Å². The number of benzene rings is 1. The van der Waals surface area contributed by atoms with Gasteiger partial charge in [-0.1, -0.05) is 34.1 Å². The molecule has 5 heteroatoms. The minimum Gasteiger partial charge on any atom is -0.490 e. The van der Waals surface area contributed by atoms with E-state index in [-0.39, 0.29) is 11.8 Å². The van der Waals surface area contributed by atoms with Crippen LogP contribution in [0.1, 0.15) is 47.0 Å². The molecule has 0 aliphatic carbocycles. The molecule has 0 bridgehead atoms. The zero-order valence-corrected chi connectivity index (χ0v) is 14.7. The third-order valence-corrected chi connectivity index (χ3v) is 3.69. The smallest absolute Gasteiger partial charge is 0.241 e. The van der Waals surface area contributed by atoms with Crippen LogP contribution in [0.3, 0.4) is 0 Å². The van der Waals surface area contributed by atoms with Crippen LogP contribution in [0.4, 0.5) is 5.69 Å². The van der Waals surface area contributed by atoms with Crippen molar-refractivity contribution < 1.29 is 14.3 Å². The molecule has 0 saturated heterocycles. The molecule has 0 spiro atoms. The van der Waals surface area contributed by atoms with Crippen LogP contribution in [0, 0.1) is 5.92 Å². The van der Waals surface area contributed by atoms with Crippen molar-refractivity contribution in [2.75, 3.05) is 18.5 Å². The molecule has 0 heterocycles. The van der Waals surface area contributed by atoms with Gasteiger partial charge in [-0.15, -0.1) is 0 Å². The quantitative estimate of drug-likeness (QED) is 0.690. The molecule has 1 rings (SSSR count). The molecular formula is C18H30N2O3. The second kappa shape index (κ2) is 10.1. The Morgan fingerprint density at radius 2 is 1.74 bits per heavy atom. The molecule has 3 N–H and O–H groups in total. The Kier molecular flexibility index (Phi) is 8.48. The largest absolute Gasteiger partial charge is 0.490 e. The van der Waals surface area contributed by atoms with E-state index in [9.17, 15) is 4.79 Å². The zero-order chi connectivity index (χ0) is 17.2. The number of rotatable bonds is 10. The van der Waals surface area contributed by atoms with Gasteiger partial charge in [0.05, 0.1) is 19.3 Å². The highest BCUT2D eigenvalue weighted by Crippen LogP contribution is 2.31. The van der Waals surface area contributed by atoms with Gasteiger partial charge in [-0.05, 0) is 30.9 Å². The lowest BCUT2D eigenvalue weighted by atomic mass is 9.99. The predicted octanol–water partition coefficient (Wildman–Crippen LogP) is 3.58. The Bertz CT molecular complexity index is 491. The molecule has 0 saturated carbocycles. The van der Waals surface area contributed by atoms with Crippen molar-refractivity contribution in [3.8, 4) is 11.5 Å². The summed E-state index contributed by atoms with van der Waals surface area (Å²) in [5.41, 5.74) is 6.64. The molecule has 1 amide bonds. The van der Waals surface area contributed by atoms with Crippen LogP contribution < -0.4 is 20.5 Å². The maximum absolute atomic E-state index is 12.2. The molecule has 5 nitrogen and oxygen atoms in total. The van der Waals surface area contributed by atoms with Crippen LogP contribution >= 0.6 is 0 Å². The summed E-state index contributed by atoms with van der Waals surface area (Å²) in [5, 5.41) is 2.86. The molecule has 2 atom stereocenters. The Balaban J connectivity index is 2.84. The molecule has 0 radical (unpaired) electrons. The van der Waals surface area contributed by atoms with Gasteiger partial charge < -0.3 is 20.5 Å². The first kappa shape index (κ1) is 19.3. The molecule has 0 aliphatic rings. The van der Waals surface area contributed by atoms with Gasteiger partial charge in [-0.3, -0.25) is 4.79 Å². The Labute approximate surface area is 139 Å². The molecule has 0 fully saturated rings. The van der Waals surface area contributed by atoms with Crippen LogP contribution in [-0.4, -0.2) is 25.2 Å². The first-order valence-corrected chi connectivity index (χ1v) is 8.49. The first-order valence-electron chi connectivity index (χ1n) is 8.49. The van der Waals surface area contributed by atoms with E-state index in [0.717, 1.165) is 19.3 Å². The maximum Gasteiger partial charge on any atom is 0.241 e. The van der Waals surface area contributed by atoms with Crippen molar-refractivity contribution in [1.29, 1.82) is 0 Å². The fourth-order valence-corrected chi connectivity index (χ4v) is 1.98. The van der Waals surface area contributed by atoms with E-state index in [0.29, 0.717) is 30.4 Å². The lowest BCUT2D eigenvalue weighted by molar-refractivity contribution is -0.118. The van der Waals surface area contributed by atoms with Crippen LogP contribution in [-0.2, 0) is 4.79 Å². The van der Waals surface area contributed by atoms with Crippen LogP contribution in [0.25, 0.3) is 0 Å². The van der Waals surface area contributed by atoms with Crippen LogP contribution in [0.2, 0.25) is 0 Å². The number of nitrogens with two attached hydrogens (primary N) is 1. The lowest BCUT2D eigenvalue weighted by Crippen LogP contribution is -2.40. The predicted molar refractivity (Wildman–Crippen MR) is 94.1 cm³/mol. The summed E-state index contributed by atoms with van der Waals surface area (Å²) in [5.74, 6) is 1.31. The van der Waals surface area contributed by atoms with Gasteiger partial charge in [0.1, 0.15) is 0 Å². The maximum atomic E-state index is 12.2. The third kappa shape index (κ3) is 6.10. The summed E-state index contributed by atoms with van der Waals surface area (Å²) in [6.45, 7) is 9.33. The highest BCUT2D eigenvalue weighted by atomic mass is 16.5. The van der Waals surface area contributed by atoms with E-state index in [1.807, 2.05) is 32.9 Å². The number of hydrogen-bond donors (Lipinski definition) is 2. The fourth-order valence-electron chi connectivity index (χ4n) is 1.98. The van der Waals surface area contributed by atoms with Gasteiger partial charge in [0.2, 0.25) is 5.91 Å². The average molecular weight is 322 g/mol. The summed E-state index contributed by atoms with van der Waals surface area (Å²) in [6.07, 6.45) is 2.70. The molecule has 130 valence electrons. The summed E-state index contributed by atoms with van der Waals surface area (Å²) in [4.78, 5) is 12.2. The van der Waals surface area contributed by atoms with Crippen molar-refractivity contribution in [2.45, 2.75) is 53.0 Å². The van der Waals surface area contributed by atoms with Crippen molar-refractivity contribution in [2.24, 2.45) is 11.7 Å². The summed E-state index contributed by atoms with van der Waals surface area (Å²) < 4.78 is 11.4. The van der Waals surface area contributed by atoms with Crippen LogP contribution in [0.15, 0.2) is 18.2 Å². The SMILES string of the molecule is CCCOc1ccc(NC(=O)C(N)C(C)CC)cc1OCCC. The molecule has 23 heavy (non-hydrogen) atoms. The minimum atomic E-state index is -0.518. The fraction of sp³-hybridized carbons (Fsp3) is 0.611. The van der Waals surface area contributed by atoms with Gasteiger partial charge in [-0.2, -0.15) is 0 Å². The van der Waals surface area contributed by atoms with Crippen molar-refractivity contribution in [1.82, 2.24) is 0 Å². The number of nitrogens with one attached hydrogen (secondary N) is 1. The summed E-state index contributed by atoms with van der Waals surface area (Å²) >= 11 is 0. The molecular weight excluding hydrogens is 292 g/mol. The zero-order valence-electron chi connectivity index (χ0n) is 14.7. The number of hydrogen-bond acceptors (Lipinski definition) is 4. The number of carbonyl (C=O) groups excluding carboxylic acids is 1. The monoisotopic (exact) mass is 322 g/mol. The van der Waals surface area contributed by atoms with Crippen LogP contribution in [0.5, 0.6) is 11.5 Å². The number of anilines is 1. The van der Waals surface area contributed by atoms with Gasteiger partial charge in [0.15, 0.2) is 11.5 Å².